The van der Waals surface area contributed by atoms with E-state index in [9.17, 15) is 9.90 Å². The van der Waals surface area contributed by atoms with E-state index in [0.717, 1.165) is 11.3 Å². The number of ether oxygens (including phenoxy) is 4. The van der Waals surface area contributed by atoms with E-state index in [2.05, 4.69) is 0 Å². The summed E-state index contributed by atoms with van der Waals surface area (Å²) in [7, 11) is 0. The van der Waals surface area contributed by atoms with E-state index < -0.39 is 42.1 Å². The van der Waals surface area contributed by atoms with Gasteiger partial charge in [0.2, 0.25) is 0 Å². The third-order valence-corrected chi connectivity index (χ3v) is 6.01. The molecule has 2 fully saturated rings. The first kappa shape index (κ1) is 20.4. The van der Waals surface area contributed by atoms with Gasteiger partial charge >= 0.3 is 5.97 Å². The Labute approximate surface area is 174 Å². The minimum absolute atomic E-state index is 0.289. The minimum Gasteiger partial charge on any atom is -0.453 e. The van der Waals surface area contributed by atoms with Crippen LogP contribution in [0, 0.1) is 0 Å². The minimum atomic E-state index is -1.01. The van der Waals surface area contributed by atoms with Crippen LogP contribution in [0.4, 0.5) is 0 Å². The van der Waals surface area contributed by atoms with Crippen LogP contribution in [-0.4, -0.2) is 53.3 Å². The van der Waals surface area contributed by atoms with E-state index in [-0.39, 0.29) is 6.61 Å². The first-order valence-electron chi connectivity index (χ1n) is 9.70. The van der Waals surface area contributed by atoms with Crippen molar-refractivity contribution in [2.75, 3.05) is 12.4 Å². The molecule has 2 heterocycles. The molecular weight excluding hydrogens is 392 g/mol. The normalized spacial score (nSPS) is 31.7. The quantitative estimate of drug-likeness (QED) is 0.751. The van der Waals surface area contributed by atoms with Gasteiger partial charge < -0.3 is 24.1 Å². The summed E-state index contributed by atoms with van der Waals surface area (Å²) in [5, 5.41) is 10.9. The predicted octanol–water partition coefficient (Wildman–Crippen LogP) is 3.17. The van der Waals surface area contributed by atoms with Crippen LogP contribution in [0.5, 0.6) is 0 Å². The second kappa shape index (κ2) is 9.28. The van der Waals surface area contributed by atoms with Crippen molar-refractivity contribution in [2.45, 2.75) is 43.1 Å². The molecule has 6 nitrogen and oxygen atoms in total. The number of hydrogen-bond acceptors (Lipinski definition) is 7. The van der Waals surface area contributed by atoms with E-state index in [0.29, 0.717) is 5.56 Å². The number of rotatable bonds is 5. The summed E-state index contributed by atoms with van der Waals surface area (Å²) in [4.78, 5) is 12.7. The highest BCUT2D eigenvalue weighted by atomic mass is 32.2. The lowest BCUT2D eigenvalue weighted by Crippen LogP contribution is -2.62. The SMILES string of the molecule is CCSC1OC2COC(c3ccccc3)OC2C(OC(=O)c2ccccc2)C1O. The molecule has 4 rings (SSSR count). The zero-order valence-corrected chi connectivity index (χ0v) is 16.9. The van der Waals surface area contributed by atoms with E-state index in [1.165, 1.54) is 11.8 Å². The summed E-state index contributed by atoms with van der Waals surface area (Å²) < 4.78 is 23.8. The van der Waals surface area contributed by atoms with Crippen LogP contribution in [0.3, 0.4) is 0 Å². The Morgan fingerprint density at radius 2 is 1.79 bits per heavy atom. The highest BCUT2D eigenvalue weighted by Crippen LogP contribution is 2.38. The van der Waals surface area contributed by atoms with Gasteiger partial charge in [-0.1, -0.05) is 55.5 Å². The van der Waals surface area contributed by atoms with Crippen molar-refractivity contribution in [1.29, 1.82) is 0 Å². The van der Waals surface area contributed by atoms with Gasteiger partial charge in [-0.3, -0.25) is 0 Å². The lowest BCUT2D eigenvalue weighted by Gasteiger charge is -2.47. The zero-order valence-electron chi connectivity index (χ0n) is 16.0. The van der Waals surface area contributed by atoms with Crippen molar-refractivity contribution >= 4 is 17.7 Å². The van der Waals surface area contributed by atoms with Gasteiger partial charge in [-0.05, 0) is 17.9 Å². The molecule has 2 aliphatic rings. The van der Waals surface area contributed by atoms with Crippen molar-refractivity contribution in [3.05, 3.63) is 71.8 Å². The van der Waals surface area contributed by atoms with Gasteiger partial charge in [0, 0.05) is 5.56 Å². The number of carbonyl (C=O) groups is 1. The molecule has 1 N–H and O–H groups in total. The molecule has 0 spiro atoms. The van der Waals surface area contributed by atoms with Crippen LogP contribution >= 0.6 is 11.8 Å². The number of hydrogen-bond donors (Lipinski definition) is 1. The smallest absolute Gasteiger partial charge is 0.338 e. The molecule has 0 saturated carbocycles. The molecule has 6 atom stereocenters. The second-order valence-electron chi connectivity index (χ2n) is 6.90. The highest BCUT2D eigenvalue weighted by molar-refractivity contribution is 7.99. The number of esters is 1. The molecule has 0 aromatic heterocycles. The van der Waals surface area contributed by atoms with Crippen LogP contribution < -0.4 is 0 Å². The van der Waals surface area contributed by atoms with Gasteiger partial charge in [0.05, 0.1) is 12.2 Å². The van der Waals surface area contributed by atoms with Crippen LogP contribution in [0.2, 0.25) is 0 Å². The summed E-state index contributed by atoms with van der Waals surface area (Å²) in [6, 6.07) is 18.3. The molecule has 0 aliphatic carbocycles. The fourth-order valence-electron chi connectivity index (χ4n) is 3.54. The summed E-state index contributed by atoms with van der Waals surface area (Å²) in [5.41, 5.74) is 0.767. The molecule has 7 heteroatoms. The Balaban J connectivity index is 1.56. The molecule has 0 bridgehead atoms. The van der Waals surface area contributed by atoms with E-state index in [4.69, 9.17) is 18.9 Å². The Kier molecular flexibility index (Phi) is 6.52. The molecule has 2 aromatic rings. The molecule has 2 aromatic carbocycles. The predicted molar refractivity (Wildman–Crippen MR) is 108 cm³/mol. The maximum absolute atomic E-state index is 12.7. The Bertz CT molecular complexity index is 801. The average Bonchev–Trinajstić information content (AvgIpc) is 2.77. The van der Waals surface area contributed by atoms with Gasteiger partial charge in [-0.15, -0.1) is 11.8 Å². The topological polar surface area (TPSA) is 74.2 Å². The fourth-order valence-corrected chi connectivity index (χ4v) is 4.45. The maximum atomic E-state index is 12.7. The van der Waals surface area contributed by atoms with Gasteiger partial charge in [0.25, 0.3) is 0 Å². The first-order valence-corrected chi connectivity index (χ1v) is 10.8. The van der Waals surface area contributed by atoms with Crippen molar-refractivity contribution < 1.29 is 28.8 Å². The van der Waals surface area contributed by atoms with Crippen LogP contribution in [-0.2, 0) is 18.9 Å². The number of thioether (sulfide) groups is 1. The molecule has 0 radical (unpaired) electrons. The largest absolute Gasteiger partial charge is 0.453 e. The molecule has 29 heavy (non-hydrogen) atoms. The van der Waals surface area contributed by atoms with Crippen molar-refractivity contribution in [1.82, 2.24) is 0 Å². The van der Waals surface area contributed by atoms with E-state index in [1.807, 2.05) is 43.3 Å². The lowest BCUT2D eigenvalue weighted by atomic mass is 9.98. The number of benzene rings is 2. The Morgan fingerprint density at radius 1 is 1.10 bits per heavy atom. The highest BCUT2D eigenvalue weighted by Gasteiger charge is 2.51. The number of carbonyl (C=O) groups excluding carboxylic acids is 1. The summed E-state index contributed by atoms with van der Waals surface area (Å²) in [6.07, 6.45) is -3.55. The van der Waals surface area contributed by atoms with Gasteiger partial charge in [0.1, 0.15) is 23.7 Å². The second-order valence-corrected chi connectivity index (χ2v) is 8.28. The summed E-state index contributed by atoms with van der Waals surface area (Å²) in [5.74, 6) is 0.259. The molecule has 2 saturated heterocycles. The van der Waals surface area contributed by atoms with Crippen LogP contribution in [0.1, 0.15) is 29.1 Å². The molecule has 0 amide bonds. The van der Waals surface area contributed by atoms with E-state index in [1.54, 1.807) is 24.3 Å². The number of fused-ring (bicyclic) bond motifs is 1. The Hall–Kier alpha value is -1.90. The van der Waals surface area contributed by atoms with Crippen molar-refractivity contribution in [2.24, 2.45) is 0 Å². The maximum Gasteiger partial charge on any atom is 0.338 e. The zero-order chi connectivity index (χ0) is 20.2. The fraction of sp³-hybridized carbons (Fsp3) is 0.409. The van der Waals surface area contributed by atoms with Gasteiger partial charge in [0.15, 0.2) is 12.4 Å². The molecule has 154 valence electrons. The molecular formula is C22H24O6S. The monoisotopic (exact) mass is 416 g/mol. The van der Waals surface area contributed by atoms with E-state index >= 15 is 0 Å². The Morgan fingerprint density at radius 3 is 2.48 bits per heavy atom. The number of aliphatic hydroxyl groups excluding tert-OH is 1. The molecule has 6 unspecified atom stereocenters. The summed E-state index contributed by atoms with van der Waals surface area (Å²) in [6.45, 7) is 2.27. The van der Waals surface area contributed by atoms with Crippen LogP contribution in [0.15, 0.2) is 60.7 Å². The van der Waals surface area contributed by atoms with Gasteiger partial charge in [-0.2, -0.15) is 0 Å². The molecule has 2 aliphatic heterocycles. The number of aliphatic hydroxyl groups is 1. The lowest BCUT2D eigenvalue weighted by molar-refractivity contribution is -0.317. The summed E-state index contributed by atoms with van der Waals surface area (Å²) >= 11 is 1.47. The third-order valence-electron chi connectivity index (χ3n) is 4.96. The average molecular weight is 416 g/mol. The van der Waals surface area contributed by atoms with Crippen molar-refractivity contribution in [3.63, 3.8) is 0 Å². The first-order chi connectivity index (χ1) is 14.2. The standard InChI is InChI=1S/C22H24O6S/c1-2-29-22-17(23)19(27-20(24)14-9-5-3-6-10-14)18-16(26-22)13-25-21(28-18)15-11-7-4-8-12-15/h3-12,16-19,21-23H,2,13H2,1H3. The van der Waals surface area contributed by atoms with Gasteiger partial charge in [-0.25, -0.2) is 4.79 Å². The third kappa shape index (κ3) is 4.49. The van der Waals surface area contributed by atoms with Crippen LogP contribution in [0.25, 0.3) is 0 Å². The van der Waals surface area contributed by atoms with Crippen molar-refractivity contribution in [3.8, 4) is 0 Å².